The Morgan fingerprint density at radius 3 is 1.72 bits per heavy atom. The molecule has 1 aromatic heterocycles. The van der Waals surface area contributed by atoms with Crippen LogP contribution >= 0.6 is 0 Å². The summed E-state index contributed by atoms with van der Waals surface area (Å²) in [7, 11) is 0. The molecular weight excluding hydrogens is 958 g/mol. The summed E-state index contributed by atoms with van der Waals surface area (Å²) in [6, 6.07) is 77.8. The van der Waals surface area contributed by atoms with E-state index in [1.807, 2.05) is 0 Å². The summed E-state index contributed by atoms with van der Waals surface area (Å²) in [5, 5.41) is 4.73. The first-order valence-corrected chi connectivity index (χ1v) is 28.5. The average Bonchev–Trinajstić information content (AvgIpc) is 3.22. The van der Waals surface area contributed by atoms with Crippen molar-refractivity contribution in [2.24, 2.45) is 0 Å². The highest BCUT2D eigenvalue weighted by Crippen LogP contribution is 2.55. The Kier molecular flexibility index (Phi) is 10.9. The number of hydrogen-bond acceptors (Lipinski definition) is 4. The average molecular weight is 1030 g/mol. The lowest BCUT2D eigenvalue weighted by atomic mass is 9.43. The molecular formula is C74H68BN3O. The molecule has 5 heteroatoms. The quantitative estimate of drug-likeness (QED) is 0.155. The minimum atomic E-state index is -0.257. The monoisotopic (exact) mass is 1030 g/mol. The summed E-state index contributed by atoms with van der Waals surface area (Å²) in [4.78, 5) is 7.69. The highest BCUT2D eigenvalue weighted by molar-refractivity contribution is 6.94. The molecule has 0 unspecified atom stereocenters. The summed E-state index contributed by atoms with van der Waals surface area (Å²) < 4.78 is 7.53. The third kappa shape index (κ3) is 7.78. The molecule has 0 fully saturated rings. The fraction of sp³-hybridized carbons (Fsp3) is 0.216. The molecule has 0 atom stereocenters. The van der Waals surface area contributed by atoms with Gasteiger partial charge in [-0.2, -0.15) is 0 Å². The number of benzene rings is 10. The van der Waals surface area contributed by atoms with Crippen LogP contribution < -0.4 is 25.5 Å². The smallest absolute Gasteiger partial charge is 0.333 e. The van der Waals surface area contributed by atoms with E-state index < -0.39 is 0 Å². The van der Waals surface area contributed by atoms with E-state index in [4.69, 9.17) is 4.42 Å². The minimum Gasteiger partial charge on any atom is -0.455 e. The van der Waals surface area contributed by atoms with Gasteiger partial charge < -0.3 is 19.0 Å². The molecule has 2 aliphatic heterocycles. The van der Waals surface area contributed by atoms with Crippen molar-refractivity contribution >= 4 is 96.0 Å². The number of anilines is 8. The van der Waals surface area contributed by atoms with Crippen molar-refractivity contribution in [1.82, 2.24) is 0 Å². The molecule has 11 aromatic rings. The lowest BCUT2D eigenvalue weighted by molar-refractivity contribution is 0.332. The predicted octanol–water partition coefficient (Wildman–Crippen LogP) is 19.5. The molecule has 0 bridgehead atoms. The van der Waals surface area contributed by atoms with Gasteiger partial charge in [-0.3, -0.25) is 0 Å². The van der Waals surface area contributed by atoms with Crippen LogP contribution in [0.5, 0.6) is 0 Å². The Balaban J connectivity index is 1.14. The summed E-state index contributed by atoms with van der Waals surface area (Å²) in [5.74, 6) is 0. The van der Waals surface area contributed by atoms with Crippen LogP contribution in [0.1, 0.15) is 104 Å². The van der Waals surface area contributed by atoms with Crippen molar-refractivity contribution in [2.75, 3.05) is 14.6 Å². The van der Waals surface area contributed by atoms with Crippen molar-refractivity contribution in [3.05, 3.63) is 229 Å². The summed E-state index contributed by atoms with van der Waals surface area (Å²) in [5.41, 5.74) is 23.5. The van der Waals surface area contributed by atoms with Crippen molar-refractivity contribution in [3.8, 4) is 22.3 Å². The molecule has 0 amide bonds. The second-order valence-electron chi connectivity index (χ2n) is 26.0. The zero-order valence-electron chi connectivity index (χ0n) is 47.4. The Morgan fingerprint density at radius 1 is 0.481 bits per heavy atom. The fourth-order valence-corrected chi connectivity index (χ4v) is 13.5. The molecule has 0 saturated heterocycles. The van der Waals surface area contributed by atoms with Gasteiger partial charge in [-0.15, -0.1) is 0 Å². The molecule has 0 N–H and O–H groups in total. The van der Waals surface area contributed by atoms with E-state index in [0.717, 1.165) is 74.8 Å². The van der Waals surface area contributed by atoms with Gasteiger partial charge in [0.25, 0.3) is 0 Å². The van der Waals surface area contributed by atoms with Gasteiger partial charge in [0, 0.05) is 61.4 Å². The zero-order valence-corrected chi connectivity index (χ0v) is 47.4. The van der Waals surface area contributed by atoms with Crippen molar-refractivity contribution < 1.29 is 4.42 Å². The summed E-state index contributed by atoms with van der Waals surface area (Å²) in [6.45, 7) is 23.3. The van der Waals surface area contributed by atoms with Crippen LogP contribution in [0.15, 0.2) is 211 Å². The van der Waals surface area contributed by atoms with Crippen LogP contribution in [0, 0.1) is 0 Å². The van der Waals surface area contributed by atoms with Crippen LogP contribution in [-0.2, 0) is 21.7 Å². The Bertz CT molecular complexity index is 4180. The van der Waals surface area contributed by atoms with Crippen molar-refractivity contribution in [1.29, 1.82) is 0 Å². The van der Waals surface area contributed by atoms with Crippen molar-refractivity contribution in [2.45, 2.75) is 104 Å². The first kappa shape index (κ1) is 49.1. The van der Waals surface area contributed by atoms with Gasteiger partial charge in [-0.1, -0.05) is 178 Å². The highest BCUT2D eigenvalue weighted by atomic mass is 16.3. The highest BCUT2D eigenvalue weighted by Gasteiger charge is 2.48. The molecule has 1 aliphatic carbocycles. The normalized spacial score (nSPS) is 15.2. The third-order valence-corrected chi connectivity index (χ3v) is 18.0. The van der Waals surface area contributed by atoms with Gasteiger partial charge in [-0.25, -0.2) is 0 Å². The molecule has 14 rings (SSSR count). The largest absolute Gasteiger partial charge is 0.455 e. The van der Waals surface area contributed by atoms with Crippen molar-refractivity contribution in [3.63, 3.8) is 0 Å². The maximum absolute atomic E-state index is 7.53. The van der Waals surface area contributed by atoms with Gasteiger partial charge in [0.05, 0.1) is 11.4 Å². The second kappa shape index (κ2) is 17.6. The molecule has 0 radical (unpaired) electrons. The molecule has 0 saturated carbocycles. The Labute approximate surface area is 467 Å². The molecule has 10 aromatic carbocycles. The van der Waals surface area contributed by atoms with E-state index in [1.54, 1.807) is 0 Å². The number of rotatable bonds is 6. The maximum Gasteiger partial charge on any atom is 0.333 e. The molecule has 3 aliphatic rings. The van der Waals surface area contributed by atoms with Crippen LogP contribution in [0.4, 0.5) is 45.5 Å². The van der Waals surface area contributed by atoms with Gasteiger partial charge in [0.15, 0.2) is 0 Å². The standard InChI is InChI=1S/C74H68BN3O/c1-71(2,3)49-30-33-53(34-31-49)78-65-39-36-56-58-45-60-61(74(9,10)41-40-73(60,7)8)46-66(58)79-70(56)67(65)59-42-48-24-20-21-29-55(48)69-68(59)75(78)62-44-54(76(51-25-16-12-17-26-51)52-27-18-13-19-28-52)35-38-64(62)77(69)63-37-32-50(72(4,5)6)43-57(63)47-22-14-11-15-23-47/h11-39,42-46H,40-41H2,1-10H3. The molecule has 79 heavy (non-hydrogen) atoms. The molecule has 0 spiro atoms. The van der Waals surface area contributed by atoms with Crippen LogP contribution in [0.3, 0.4) is 0 Å². The molecule has 4 nitrogen and oxygen atoms in total. The first-order chi connectivity index (χ1) is 37.9. The zero-order chi connectivity index (χ0) is 54.3. The third-order valence-electron chi connectivity index (χ3n) is 18.0. The van der Waals surface area contributed by atoms with E-state index in [-0.39, 0.29) is 28.5 Å². The number of para-hydroxylation sites is 2. The van der Waals surface area contributed by atoms with Crippen LogP contribution in [-0.4, -0.2) is 6.85 Å². The van der Waals surface area contributed by atoms with E-state index in [0.29, 0.717) is 0 Å². The number of hydrogen-bond donors (Lipinski definition) is 0. The molecule has 388 valence electrons. The number of furan rings is 1. The van der Waals surface area contributed by atoms with Gasteiger partial charge in [-0.05, 0) is 181 Å². The van der Waals surface area contributed by atoms with Gasteiger partial charge in [0.1, 0.15) is 11.2 Å². The number of fused-ring (bicyclic) bond motifs is 11. The SMILES string of the molecule is CC(C)(C)c1ccc(N2B3c4cc(N(c5ccccc5)c5ccccc5)ccc4N(c4ccc(C(C)(C)C)cc4-c4ccccc4)c4c3c(cc3ccccc43)-c3c2ccc2c3oc3cc4c(cc32)C(C)(C)CCC4(C)C)cc1. The molecule has 3 heterocycles. The predicted molar refractivity (Wildman–Crippen MR) is 338 cm³/mol. The number of nitrogens with zero attached hydrogens (tertiary/aromatic N) is 3. The van der Waals surface area contributed by atoms with E-state index in [9.17, 15) is 0 Å². The Hall–Kier alpha value is -8.28. The van der Waals surface area contributed by atoms with Gasteiger partial charge in [0.2, 0.25) is 0 Å². The van der Waals surface area contributed by atoms with E-state index in [1.165, 1.54) is 71.7 Å². The summed E-state index contributed by atoms with van der Waals surface area (Å²) >= 11 is 0. The second-order valence-corrected chi connectivity index (χ2v) is 26.0. The first-order valence-electron chi connectivity index (χ1n) is 28.5. The fourth-order valence-electron chi connectivity index (χ4n) is 13.5. The van der Waals surface area contributed by atoms with E-state index in [2.05, 4.69) is 290 Å². The lowest BCUT2D eigenvalue weighted by Gasteiger charge is -2.47. The van der Waals surface area contributed by atoms with Gasteiger partial charge >= 0.3 is 6.85 Å². The Morgan fingerprint density at radius 2 is 1.06 bits per heavy atom. The van der Waals surface area contributed by atoms with Crippen LogP contribution in [0.25, 0.3) is 55.0 Å². The van der Waals surface area contributed by atoms with Crippen LogP contribution in [0.2, 0.25) is 0 Å². The summed E-state index contributed by atoms with van der Waals surface area (Å²) in [6.07, 6.45) is 2.29. The topological polar surface area (TPSA) is 22.9 Å². The minimum absolute atomic E-state index is 0.0239. The maximum atomic E-state index is 7.53. The van der Waals surface area contributed by atoms with E-state index >= 15 is 0 Å². The lowest BCUT2D eigenvalue weighted by Crippen LogP contribution is -2.61.